The summed E-state index contributed by atoms with van der Waals surface area (Å²) in [5, 5.41) is 0. The molecule has 0 spiro atoms. The van der Waals surface area contributed by atoms with Crippen LogP contribution in [0.15, 0.2) is 18.2 Å². The van der Waals surface area contributed by atoms with E-state index < -0.39 is 17.6 Å². The van der Waals surface area contributed by atoms with E-state index in [0.29, 0.717) is 23.4 Å². The average molecular weight is 319 g/mol. The van der Waals surface area contributed by atoms with Crippen molar-refractivity contribution in [2.75, 3.05) is 12.0 Å². The van der Waals surface area contributed by atoms with E-state index in [1.54, 1.807) is 39.0 Å². The lowest BCUT2D eigenvalue weighted by Gasteiger charge is -2.41. The fraction of sp³-hybridized carbons (Fsp3) is 0.471. The van der Waals surface area contributed by atoms with Gasteiger partial charge in [0.15, 0.2) is 11.4 Å². The highest BCUT2D eigenvalue weighted by Gasteiger charge is 2.45. The largest absolute Gasteiger partial charge is 0.476 e. The van der Waals surface area contributed by atoms with Crippen molar-refractivity contribution in [1.82, 2.24) is 0 Å². The van der Waals surface area contributed by atoms with Crippen LogP contribution in [0.25, 0.3) is 0 Å². The van der Waals surface area contributed by atoms with Crippen LogP contribution in [0.4, 0.5) is 5.69 Å². The molecule has 0 bridgehead atoms. The summed E-state index contributed by atoms with van der Waals surface area (Å²) in [6, 6.07) is 4.11. The third kappa shape index (κ3) is 2.93. The molecule has 0 radical (unpaired) electrons. The van der Waals surface area contributed by atoms with Crippen LogP contribution in [0.1, 0.15) is 44.5 Å². The molecule has 0 aromatic heterocycles. The highest BCUT2D eigenvalue weighted by Crippen LogP contribution is 2.40. The van der Waals surface area contributed by atoms with Crippen LogP contribution in [-0.4, -0.2) is 36.4 Å². The molecular weight excluding hydrogens is 298 g/mol. The monoisotopic (exact) mass is 319 g/mol. The number of rotatable bonds is 4. The van der Waals surface area contributed by atoms with E-state index in [1.165, 1.54) is 18.9 Å². The van der Waals surface area contributed by atoms with Gasteiger partial charge >= 0.3 is 5.97 Å². The zero-order valence-electron chi connectivity index (χ0n) is 14.0. The molecule has 6 heteroatoms. The second kappa shape index (κ2) is 6.02. The first-order chi connectivity index (χ1) is 10.7. The number of hydrogen-bond donors (Lipinski definition) is 0. The average Bonchev–Trinajstić information content (AvgIpc) is 2.50. The van der Waals surface area contributed by atoms with Crippen LogP contribution in [0.5, 0.6) is 5.75 Å². The van der Waals surface area contributed by atoms with Crippen molar-refractivity contribution in [2.45, 2.75) is 45.8 Å². The zero-order valence-corrected chi connectivity index (χ0v) is 14.0. The molecule has 0 N–H and O–H groups in total. The number of Topliss-reactive ketones (excluding diaryl/α,β-unsaturated/α-hetero) is 1. The zero-order chi connectivity index (χ0) is 17.4. The number of esters is 1. The highest BCUT2D eigenvalue weighted by molar-refractivity contribution is 6.07. The van der Waals surface area contributed by atoms with Gasteiger partial charge in [0.2, 0.25) is 0 Å². The Kier molecular flexibility index (Phi) is 4.45. The number of carbonyl (C=O) groups is 3. The van der Waals surface area contributed by atoms with Gasteiger partial charge in [0.1, 0.15) is 11.8 Å². The maximum absolute atomic E-state index is 12.8. The molecule has 2 rings (SSSR count). The van der Waals surface area contributed by atoms with Crippen LogP contribution in [0.2, 0.25) is 0 Å². The first kappa shape index (κ1) is 17.0. The van der Waals surface area contributed by atoms with Gasteiger partial charge in [-0.05, 0) is 45.4 Å². The van der Waals surface area contributed by atoms with Crippen LogP contribution in [0.3, 0.4) is 0 Å². The maximum atomic E-state index is 12.8. The number of carbonyl (C=O) groups excluding carboxylic acids is 3. The molecule has 124 valence electrons. The number of methoxy groups -OCH3 is 1. The molecule has 1 aromatic rings. The van der Waals surface area contributed by atoms with Crippen molar-refractivity contribution in [1.29, 1.82) is 0 Å². The Morgan fingerprint density at radius 1 is 1.35 bits per heavy atom. The lowest BCUT2D eigenvalue weighted by atomic mass is 9.99. The summed E-state index contributed by atoms with van der Waals surface area (Å²) in [6.07, 6.45) is 0.387. The van der Waals surface area contributed by atoms with Gasteiger partial charge < -0.3 is 9.47 Å². The Morgan fingerprint density at radius 2 is 2.00 bits per heavy atom. The summed E-state index contributed by atoms with van der Waals surface area (Å²) in [5.41, 5.74) is -0.240. The second-order valence-electron chi connectivity index (χ2n) is 5.97. The first-order valence-electron chi connectivity index (χ1n) is 7.48. The first-order valence-corrected chi connectivity index (χ1v) is 7.48. The molecule has 1 aliphatic heterocycles. The molecule has 1 heterocycles. The second-order valence-corrected chi connectivity index (χ2v) is 5.97. The Hall–Kier alpha value is -2.37. The third-order valence-corrected chi connectivity index (χ3v) is 3.90. The maximum Gasteiger partial charge on any atom is 0.328 e. The number of ketones is 1. The summed E-state index contributed by atoms with van der Waals surface area (Å²) in [7, 11) is 1.29. The molecule has 23 heavy (non-hydrogen) atoms. The molecule has 1 amide bonds. The van der Waals surface area contributed by atoms with Crippen LogP contribution < -0.4 is 9.64 Å². The summed E-state index contributed by atoms with van der Waals surface area (Å²) in [6.45, 7) is 6.53. The van der Waals surface area contributed by atoms with E-state index in [0.717, 1.165) is 0 Å². The van der Waals surface area contributed by atoms with Crippen molar-refractivity contribution in [3.8, 4) is 5.75 Å². The number of fused-ring (bicyclic) bond motifs is 1. The number of amides is 1. The Balaban J connectivity index is 2.64. The quantitative estimate of drug-likeness (QED) is 0.629. The van der Waals surface area contributed by atoms with Gasteiger partial charge in [0.05, 0.1) is 12.8 Å². The van der Waals surface area contributed by atoms with Crippen LogP contribution in [-0.2, 0) is 14.3 Å². The van der Waals surface area contributed by atoms with Crippen molar-refractivity contribution in [3.05, 3.63) is 23.8 Å². The standard InChI is InChI=1S/C17H21NO5/c1-6-12(15(20)22-5)18-13-9-11(10(2)19)7-8-14(13)23-17(3,4)16(18)21/h7-9,12H,6H2,1-5H3. The Bertz CT molecular complexity index is 665. The fourth-order valence-electron chi connectivity index (χ4n) is 2.63. The normalized spacial score (nSPS) is 17.1. The molecule has 0 saturated carbocycles. The molecule has 1 aromatic carbocycles. The molecule has 6 nitrogen and oxygen atoms in total. The molecule has 1 aliphatic rings. The summed E-state index contributed by atoms with van der Waals surface area (Å²) >= 11 is 0. The van der Waals surface area contributed by atoms with E-state index in [2.05, 4.69) is 0 Å². The number of nitrogens with zero attached hydrogens (tertiary/aromatic N) is 1. The van der Waals surface area contributed by atoms with E-state index in [9.17, 15) is 14.4 Å². The predicted octanol–water partition coefficient (Wildman–Crippen LogP) is 2.34. The van der Waals surface area contributed by atoms with Crippen LogP contribution in [0, 0.1) is 0 Å². The lowest BCUT2D eigenvalue weighted by molar-refractivity contribution is -0.145. The van der Waals surface area contributed by atoms with Gasteiger partial charge in [-0.25, -0.2) is 4.79 Å². The number of benzene rings is 1. The molecule has 1 unspecified atom stereocenters. The van der Waals surface area contributed by atoms with Crippen molar-refractivity contribution in [2.24, 2.45) is 0 Å². The SMILES string of the molecule is CCC(C(=O)OC)N1C(=O)C(C)(C)Oc2ccc(C(C)=O)cc21. The predicted molar refractivity (Wildman–Crippen MR) is 84.7 cm³/mol. The van der Waals surface area contributed by atoms with Crippen molar-refractivity contribution in [3.63, 3.8) is 0 Å². The van der Waals surface area contributed by atoms with Gasteiger partial charge in [0, 0.05) is 5.56 Å². The highest BCUT2D eigenvalue weighted by atomic mass is 16.5. The Morgan fingerprint density at radius 3 is 2.52 bits per heavy atom. The molecule has 0 aliphatic carbocycles. The molecule has 0 fully saturated rings. The van der Waals surface area contributed by atoms with E-state index >= 15 is 0 Å². The van der Waals surface area contributed by atoms with E-state index in [4.69, 9.17) is 9.47 Å². The van der Waals surface area contributed by atoms with Gasteiger partial charge in [-0.1, -0.05) is 6.92 Å². The van der Waals surface area contributed by atoms with Crippen molar-refractivity contribution >= 4 is 23.3 Å². The number of hydrogen-bond acceptors (Lipinski definition) is 5. The molecular formula is C17H21NO5. The van der Waals surface area contributed by atoms with E-state index in [-0.39, 0.29) is 11.7 Å². The summed E-state index contributed by atoms with van der Waals surface area (Å²) in [5.74, 6) is -0.515. The minimum Gasteiger partial charge on any atom is -0.476 e. The smallest absolute Gasteiger partial charge is 0.328 e. The Labute approximate surface area is 135 Å². The minimum atomic E-state index is -1.10. The van der Waals surface area contributed by atoms with Gasteiger partial charge in [0.25, 0.3) is 5.91 Å². The fourth-order valence-corrected chi connectivity index (χ4v) is 2.63. The topological polar surface area (TPSA) is 72.9 Å². The van der Waals surface area contributed by atoms with Gasteiger partial charge in [-0.3, -0.25) is 14.5 Å². The van der Waals surface area contributed by atoms with Crippen LogP contribution >= 0.6 is 0 Å². The number of ether oxygens (including phenoxy) is 2. The third-order valence-electron chi connectivity index (χ3n) is 3.90. The molecule has 1 atom stereocenters. The summed E-state index contributed by atoms with van der Waals surface area (Å²) < 4.78 is 10.6. The minimum absolute atomic E-state index is 0.129. The van der Waals surface area contributed by atoms with Gasteiger partial charge in [-0.2, -0.15) is 0 Å². The summed E-state index contributed by atoms with van der Waals surface area (Å²) in [4.78, 5) is 37.9. The van der Waals surface area contributed by atoms with E-state index in [1.807, 2.05) is 0 Å². The number of anilines is 1. The van der Waals surface area contributed by atoms with Crippen molar-refractivity contribution < 1.29 is 23.9 Å². The van der Waals surface area contributed by atoms with Gasteiger partial charge in [-0.15, -0.1) is 0 Å². The lowest BCUT2D eigenvalue weighted by Crippen LogP contribution is -2.58. The molecule has 0 saturated heterocycles.